The lowest BCUT2D eigenvalue weighted by molar-refractivity contribution is -0.274. The molecule has 32 heavy (non-hydrogen) atoms. The summed E-state index contributed by atoms with van der Waals surface area (Å²) in [5.41, 5.74) is 0.854. The Hall–Kier alpha value is -2.81. The first-order valence-electron chi connectivity index (χ1n) is 10.5. The fourth-order valence-electron chi connectivity index (χ4n) is 3.53. The number of aryl methyl sites for hydroxylation is 1. The van der Waals surface area contributed by atoms with E-state index in [-0.39, 0.29) is 23.2 Å². The van der Waals surface area contributed by atoms with Crippen molar-refractivity contribution in [3.05, 3.63) is 59.9 Å². The van der Waals surface area contributed by atoms with Crippen LogP contribution in [0.1, 0.15) is 18.4 Å². The molecule has 5 nitrogen and oxygen atoms in total. The van der Waals surface area contributed by atoms with E-state index in [4.69, 9.17) is 4.74 Å². The van der Waals surface area contributed by atoms with E-state index >= 15 is 0 Å². The number of hydrogen-bond donors (Lipinski definition) is 0. The van der Waals surface area contributed by atoms with E-state index in [9.17, 15) is 22.4 Å². The van der Waals surface area contributed by atoms with Gasteiger partial charge in [0, 0.05) is 39.1 Å². The van der Waals surface area contributed by atoms with Crippen molar-refractivity contribution >= 4 is 5.91 Å². The van der Waals surface area contributed by atoms with Crippen molar-refractivity contribution in [3.63, 3.8) is 0 Å². The van der Waals surface area contributed by atoms with Crippen LogP contribution < -0.4 is 9.47 Å². The second kappa shape index (κ2) is 11.2. The van der Waals surface area contributed by atoms with E-state index in [0.717, 1.165) is 18.7 Å². The molecule has 0 unspecified atom stereocenters. The number of rotatable bonds is 9. The minimum Gasteiger partial charge on any atom is -0.489 e. The van der Waals surface area contributed by atoms with Crippen LogP contribution in [0.3, 0.4) is 0 Å². The Kier molecular flexibility index (Phi) is 8.33. The molecule has 0 atom stereocenters. The molecule has 1 heterocycles. The molecule has 0 bridgehead atoms. The summed E-state index contributed by atoms with van der Waals surface area (Å²) in [6.07, 6.45) is -3.09. The molecule has 2 aromatic carbocycles. The monoisotopic (exact) mass is 454 g/mol. The number of amides is 1. The molecule has 2 aromatic rings. The van der Waals surface area contributed by atoms with Gasteiger partial charge in [-0.05, 0) is 42.7 Å². The van der Waals surface area contributed by atoms with Crippen molar-refractivity contribution < 1.29 is 31.8 Å². The van der Waals surface area contributed by atoms with E-state index in [1.807, 2.05) is 4.90 Å². The molecule has 1 fully saturated rings. The first-order chi connectivity index (χ1) is 15.3. The summed E-state index contributed by atoms with van der Waals surface area (Å²) >= 11 is 0. The minimum absolute atomic E-state index is 0.0734. The number of carbonyl (C=O) groups is 1. The van der Waals surface area contributed by atoms with Crippen LogP contribution in [0.5, 0.6) is 11.5 Å². The fraction of sp³-hybridized carbons (Fsp3) is 0.435. The van der Waals surface area contributed by atoms with E-state index in [1.165, 1.54) is 18.2 Å². The zero-order valence-corrected chi connectivity index (χ0v) is 17.6. The van der Waals surface area contributed by atoms with Gasteiger partial charge in [0.05, 0.1) is 0 Å². The van der Waals surface area contributed by atoms with E-state index in [1.54, 1.807) is 30.3 Å². The van der Waals surface area contributed by atoms with Gasteiger partial charge in [0.25, 0.3) is 0 Å². The highest BCUT2D eigenvalue weighted by Crippen LogP contribution is 2.23. The maximum atomic E-state index is 13.6. The third kappa shape index (κ3) is 7.71. The summed E-state index contributed by atoms with van der Waals surface area (Å²) in [4.78, 5) is 16.4. The SMILES string of the molecule is O=C(CCCc1ccc(OC(F)(F)F)cc1)N1CCN(CCOc2ccccc2F)CC1. The minimum atomic E-state index is -4.70. The number of benzene rings is 2. The second-order valence-electron chi connectivity index (χ2n) is 7.55. The maximum Gasteiger partial charge on any atom is 0.573 e. The van der Waals surface area contributed by atoms with E-state index in [2.05, 4.69) is 9.64 Å². The maximum absolute atomic E-state index is 13.6. The topological polar surface area (TPSA) is 42.0 Å². The number of nitrogens with zero attached hydrogens (tertiary/aromatic N) is 2. The van der Waals surface area contributed by atoms with Crippen LogP contribution in [0.25, 0.3) is 0 Å². The highest BCUT2D eigenvalue weighted by molar-refractivity contribution is 5.76. The Bertz CT molecular complexity index is 866. The van der Waals surface area contributed by atoms with Crippen LogP contribution >= 0.6 is 0 Å². The highest BCUT2D eigenvalue weighted by atomic mass is 19.4. The number of ether oxygens (including phenoxy) is 2. The second-order valence-corrected chi connectivity index (χ2v) is 7.55. The molecular formula is C23H26F4N2O3. The number of carbonyl (C=O) groups excluding carboxylic acids is 1. The summed E-state index contributed by atoms with van der Waals surface area (Å²) in [6, 6.07) is 12.0. The van der Waals surface area contributed by atoms with Crippen molar-refractivity contribution in [2.24, 2.45) is 0 Å². The van der Waals surface area contributed by atoms with Crippen molar-refractivity contribution in [1.82, 2.24) is 9.80 Å². The van der Waals surface area contributed by atoms with E-state index in [0.29, 0.717) is 45.5 Å². The van der Waals surface area contributed by atoms with Gasteiger partial charge < -0.3 is 14.4 Å². The standard InChI is InChI=1S/C23H26F4N2O3/c24-20-5-1-2-6-21(20)31-17-16-28-12-14-29(15-13-28)22(30)7-3-4-18-8-10-19(11-9-18)32-23(25,26)27/h1-2,5-6,8-11H,3-4,7,12-17H2. The number of piperazine rings is 1. The van der Waals surface area contributed by atoms with Gasteiger partial charge in [-0.1, -0.05) is 24.3 Å². The molecule has 0 aromatic heterocycles. The summed E-state index contributed by atoms with van der Waals surface area (Å²) in [5, 5.41) is 0. The molecule has 9 heteroatoms. The zero-order chi connectivity index (χ0) is 23.0. The normalized spacial score (nSPS) is 14.9. The van der Waals surface area contributed by atoms with Gasteiger partial charge in [-0.3, -0.25) is 9.69 Å². The van der Waals surface area contributed by atoms with Crippen LogP contribution in [0.4, 0.5) is 17.6 Å². The van der Waals surface area contributed by atoms with Crippen LogP contribution in [0, 0.1) is 5.82 Å². The third-order valence-electron chi connectivity index (χ3n) is 5.24. The Balaban J connectivity index is 1.31. The van der Waals surface area contributed by atoms with Crippen molar-refractivity contribution in [2.45, 2.75) is 25.6 Å². The molecule has 0 aliphatic carbocycles. The Morgan fingerprint density at radius 3 is 2.31 bits per heavy atom. The predicted molar refractivity (Wildman–Crippen MR) is 111 cm³/mol. The van der Waals surface area contributed by atoms with Gasteiger partial charge >= 0.3 is 6.36 Å². The van der Waals surface area contributed by atoms with Crippen LogP contribution in [0.2, 0.25) is 0 Å². The molecule has 0 saturated carbocycles. The molecule has 1 aliphatic rings. The average Bonchev–Trinajstić information content (AvgIpc) is 2.76. The van der Waals surface area contributed by atoms with Gasteiger partial charge in [0.15, 0.2) is 11.6 Å². The van der Waals surface area contributed by atoms with Crippen molar-refractivity contribution in [2.75, 3.05) is 39.3 Å². The number of alkyl halides is 3. The molecule has 0 N–H and O–H groups in total. The van der Waals surface area contributed by atoms with Crippen LogP contribution in [-0.4, -0.2) is 61.4 Å². The molecular weight excluding hydrogens is 428 g/mol. The van der Waals surface area contributed by atoms with Crippen LogP contribution in [-0.2, 0) is 11.2 Å². The van der Waals surface area contributed by atoms with Gasteiger partial charge in [-0.25, -0.2) is 4.39 Å². The number of hydrogen-bond acceptors (Lipinski definition) is 4. The Morgan fingerprint density at radius 1 is 0.969 bits per heavy atom. The molecule has 1 saturated heterocycles. The quantitative estimate of drug-likeness (QED) is 0.531. The molecule has 1 aliphatic heterocycles. The summed E-state index contributed by atoms with van der Waals surface area (Å²) in [7, 11) is 0. The van der Waals surface area contributed by atoms with Gasteiger partial charge in [0.2, 0.25) is 5.91 Å². The molecule has 0 spiro atoms. The van der Waals surface area contributed by atoms with Crippen molar-refractivity contribution in [3.8, 4) is 11.5 Å². The van der Waals surface area contributed by atoms with E-state index < -0.39 is 6.36 Å². The third-order valence-corrected chi connectivity index (χ3v) is 5.24. The molecule has 3 rings (SSSR count). The Morgan fingerprint density at radius 2 is 1.66 bits per heavy atom. The smallest absolute Gasteiger partial charge is 0.489 e. The van der Waals surface area contributed by atoms with Gasteiger partial charge in [0.1, 0.15) is 12.4 Å². The number of halogens is 4. The first kappa shape index (κ1) is 23.8. The molecule has 0 radical (unpaired) electrons. The van der Waals surface area contributed by atoms with Gasteiger partial charge in [-0.15, -0.1) is 13.2 Å². The van der Waals surface area contributed by atoms with Crippen molar-refractivity contribution in [1.29, 1.82) is 0 Å². The largest absolute Gasteiger partial charge is 0.573 e. The lowest BCUT2D eigenvalue weighted by atomic mass is 10.1. The zero-order valence-electron chi connectivity index (χ0n) is 17.6. The first-order valence-corrected chi connectivity index (χ1v) is 10.5. The highest BCUT2D eigenvalue weighted by Gasteiger charge is 2.31. The summed E-state index contributed by atoms with van der Waals surface area (Å²) in [6.45, 7) is 3.75. The lowest BCUT2D eigenvalue weighted by Crippen LogP contribution is -2.49. The lowest BCUT2D eigenvalue weighted by Gasteiger charge is -2.34. The summed E-state index contributed by atoms with van der Waals surface area (Å²) in [5.74, 6) is -0.323. The summed E-state index contributed by atoms with van der Waals surface area (Å²) < 4.78 is 59.5. The molecule has 1 amide bonds. The molecule has 174 valence electrons. The van der Waals surface area contributed by atoms with Gasteiger partial charge in [-0.2, -0.15) is 0 Å². The average molecular weight is 454 g/mol. The number of para-hydroxylation sites is 1. The predicted octanol–water partition coefficient (Wildman–Crippen LogP) is 4.27. The Labute approximate surface area is 184 Å². The fourth-order valence-corrected chi connectivity index (χ4v) is 3.53. The van der Waals surface area contributed by atoms with Crippen LogP contribution in [0.15, 0.2) is 48.5 Å².